The Hall–Kier alpha value is -0.750. The number of nitrogens with one attached hydrogen (secondary N) is 1. The number of rotatable bonds is 3. The Bertz CT molecular complexity index is 597. The summed E-state index contributed by atoms with van der Waals surface area (Å²) >= 11 is 0. The SMILES string of the molecule is O=S(=O)(Nc1ccc(O)cc1)c1ccccc1.[CaH2]. The molecule has 0 amide bonds. The molecule has 2 aromatic rings. The summed E-state index contributed by atoms with van der Waals surface area (Å²) in [7, 11) is -3.56. The molecule has 0 unspecified atom stereocenters. The van der Waals surface area contributed by atoms with Crippen LogP contribution in [0.15, 0.2) is 59.5 Å². The molecule has 0 spiro atoms. The minimum atomic E-state index is -3.56. The molecule has 2 aromatic carbocycles. The molecule has 0 saturated heterocycles. The molecule has 2 rings (SSSR count). The van der Waals surface area contributed by atoms with Gasteiger partial charge in [0, 0.05) is 5.69 Å². The summed E-state index contributed by atoms with van der Waals surface area (Å²) in [6, 6.07) is 13.9. The van der Waals surface area contributed by atoms with Gasteiger partial charge in [-0.2, -0.15) is 0 Å². The van der Waals surface area contributed by atoms with Crippen molar-refractivity contribution in [1.29, 1.82) is 0 Å². The standard InChI is InChI=1S/C12H11NO3S.Ca.2H/c14-11-8-6-10(7-9-11)13-17(15,16)12-4-2-1-3-5-12;;;/h1-9,13-14H;;;. The molecule has 0 saturated carbocycles. The van der Waals surface area contributed by atoms with E-state index < -0.39 is 10.0 Å². The predicted octanol–water partition coefficient (Wildman–Crippen LogP) is 1.28. The van der Waals surface area contributed by atoms with Gasteiger partial charge < -0.3 is 5.11 Å². The van der Waals surface area contributed by atoms with Gasteiger partial charge in [-0.3, -0.25) is 4.72 Å². The molecule has 92 valence electrons. The molecule has 2 N–H and O–H groups in total. The van der Waals surface area contributed by atoms with Crippen molar-refractivity contribution >= 4 is 53.4 Å². The van der Waals surface area contributed by atoms with Crippen molar-refractivity contribution < 1.29 is 13.5 Å². The predicted molar refractivity (Wildman–Crippen MR) is 73.9 cm³/mol. The Labute approximate surface area is 136 Å². The van der Waals surface area contributed by atoms with Crippen LogP contribution in [0.25, 0.3) is 0 Å². The van der Waals surface area contributed by atoms with Crippen molar-refractivity contribution in [3.63, 3.8) is 0 Å². The van der Waals surface area contributed by atoms with Gasteiger partial charge in [-0.25, -0.2) is 8.42 Å². The molecular formula is C12H13CaNO3S. The third kappa shape index (κ3) is 3.88. The summed E-state index contributed by atoms with van der Waals surface area (Å²) in [4.78, 5) is 0.202. The van der Waals surface area contributed by atoms with Crippen LogP contribution < -0.4 is 4.72 Å². The van der Waals surface area contributed by atoms with Gasteiger partial charge in [0.25, 0.3) is 10.0 Å². The zero-order chi connectivity index (χ0) is 12.3. The van der Waals surface area contributed by atoms with Gasteiger partial charge in [0.1, 0.15) is 5.75 Å². The fourth-order valence-electron chi connectivity index (χ4n) is 1.34. The first-order valence-corrected chi connectivity index (χ1v) is 6.43. The van der Waals surface area contributed by atoms with Crippen LogP contribution in [0.3, 0.4) is 0 Å². The molecule has 0 radical (unpaired) electrons. The second kappa shape index (κ2) is 6.43. The fraction of sp³-hybridized carbons (Fsp3) is 0. The number of anilines is 1. The Morgan fingerprint density at radius 3 is 2.00 bits per heavy atom. The van der Waals surface area contributed by atoms with E-state index in [9.17, 15) is 8.42 Å². The van der Waals surface area contributed by atoms with Crippen molar-refractivity contribution in [3.05, 3.63) is 54.6 Å². The summed E-state index contributed by atoms with van der Waals surface area (Å²) < 4.78 is 26.2. The van der Waals surface area contributed by atoms with Crippen LogP contribution in [-0.4, -0.2) is 51.3 Å². The first kappa shape index (κ1) is 15.3. The van der Waals surface area contributed by atoms with Crippen LogP contribution in [-0.2, 0) is 10.0 Å². The van der Waals surface area contributed by atoms with E-state index in [-0.39, 0.29) is 48.4 Å². The molecule has 0 aliphatic rings. The number of aromatic hydroxyl groups is 1. The topological polar surface area (TPSA) is 66.4 Å². The van der Waals surface area contributed by atoms with E-state index in [4.69, 9.17) is 5.11 Å². The molecule has 6 heteroatoms. The third-order valence-electron chi connectivity index (χ3n) is 2.17. The first-order valence-electron chi connectivity index (χ1n) is 4.95. The summed E-state index contributed by atoms with van der Waals surface area (Å²) in [5.74, 6) is 0.0904. The van der Waals surface area contributed by atoms with Crippen LogP contribution in [0.1, 0.15) is 0 Å². The van der Waals surface area contributed by atoms with Gasteiger partial charge in [0.2, 0.25) is 0 Å². The van der Waals surface area contributed by atoms with Crippen LogP contribution >= 0.6 is 0 Å². The quantitative estimate of drug-likeness (QED) is 0.661. The molecule has 0 fully saturated rings. The molecule has 0 bridgehead atoms. The van der Waals surface area contributed by atoms with E-state index in [1.54, 1.807) is 18.2 Å². The number of phenolic OH excluding ortho intramolecular Hbond substituents is 1. The Balaban J connectivity index is 0.00000162. The van der Waals surface area contributed by atoms with Gasteiger partial charge in [-0.05, 0) is 36.4 Å². The molecule has 0 aromatic heterocycles. The average molecular weight is 291 g/mol. The van der Waals surface area contributed by atoms with Crippen LogP contribution in [0, 0.1) is 0 Å². The molecular weight excluding hydrogens is 278 g/mol. The van der Waals surface area contributed by atoms with Gasteiger partial charge >= 0.3 is 37.7 Å². The van der Waals surface area contributed by atoms with E-state index in [1.165, 1.54) is 36.4 Å². The van der Waals surface area contributed by atoms with E-state index >= 15 is 0 Å². The van der Waals surface area contributed by atoms with Crippen molar-refractivity contribution in [2.45, 2.75) is 4.90 Å². The normalized spacial score (nSPS) is 10.4. The summed E-state index contributed by atoms with van der Waals surface area (Å²) in [6.45, 7) is 0. The van der Waals surface area contributed by atoms with Crippen LogP contribution in [0.5, 0.6) is 5.75 Å². The average Bonchev–Trinajstić information content (AvgIpc) is 2.33. The van der Waals surface area contributed by atoms with Crippen molar-refractivity contribution in [2.75, 3.05) is 4.72 Å². The van der Waals surface area contributed by atoms with Gasteiger partial charge in [0.05, 0.1) is 4.90 Å². The fourth-order valence-corrected chi connectivity index (χ4v) is 2.42. The summed E-state index contributed by atoms with van der Waals surface area (Å²) in [5.41, 5.74) is 0.409. The van der Waals surface area contributed by atoms with Crippen molar-refractivity contribution in [3.8, 4) is 5.75 Å². The van der Waals surface area contributed by atoms with E-state index in [1.807, 2.05) is 0 Å². The zero-order valence-electron chi connectivity index (χ0n) is 8.87. The second-order valence-electron chi connectivity index (χ2n) is 3.47. The van der Waals surface area contributed by atoms with E-state index in [0.29, 0.717) is 5.69 Å². The van der Waals surface area contributed by atoms with E-state index in [0.717, 1.165) is 0 Å². The molecule has 18 heavy (non-hydrogen) atoms. The molecule has 0 aliphatic carbocycles. The zero-order valence-corrected chi connectivity index (χ0v) is 9.68. The second-order valence-corrected chi connectivity index (χ2v) is 5.15. The van der Waals surface area contributed by atoms with Gasteiger partial charge in [0.15, 0.2) is 0 Å². The van der Waals surface area contributed by atoms with Gasteiger partial charge in [-0.1, -0.05) is 18.2 Å². The number of benzene rings is 2. The number of sulfonamides is 1. The number of phenols is 1. The maximum atomic E-state index is 11.9. The monoisotopic (exact) mass is 291 g/mol. The van der Waals surface area contributed by atoms with Crippen LogP contribution in [0.2, 0.25) is 0 Å². The van der Waals surface area contributed by atoms with Crippen LogP contribution in [0.4, 0.5) is 5.69 Å². The maximum absolute atomic E-state index is 11.9. The van der Waals surface area contributed by atoms with Gasteiger partial charge in [-0.15, -0.1) is 0 Å². The van der Waals surface area contributed by atoms with E-state index in [2.05, 4.69) is 4.72 Å². The molecule has 4 nitrogen and oxygen atoms in total. The Morgan fingerprint density at radius 2 is 1.44 bits per heavy atom. The van der Waals surface area contributed by atoms with Crippen molar-refractivity contribution in [1.82, 2.24) is 0 Å². The minimum absolute atomic E-state index is 0. The first-order chi connectivity index (χ1) is 8.08. The third-order valence-corrected chi connectivity index (χ3v) is 3.57. The molecule has 0 heterocycles. The number of hydrogen-bond donors (Lipinski definition) is 2. The summed E-state index contributed by atoms with van der Waals surface area (Å²) in [6.07, 6.45) is 0. The number of hydrogen-bond acceptors (Lipinski definition) is 3. The van der Waals surface area contributed by atoms with Crippen molar-refractivity contribution in [2.24, 2.45) is 0 Å². The molecule has 0 atom stereocenters. The Morgan fingerprint density at radius 1 is 0.889 bits per heavy atom. The Kier molecular flexibility index (Phi) is 5.47. The summed E-state index contributed by atoms with van der Waals surface area (Å²) in [5, 5.41) is 9.09. The molecule has 0 aliphatic heterocycles.